The SMILES string of the molecule is O=C(c1ccc(N2CCC(C3CCN(CO)CC3)CC2)cc1Cl)N1CCCC1. The quantitative estimate of drug-likeness (QED) is 0.833. The van der Waals surface area contributed by atoms with Gasteiger partial charge in [-0.25, -0.2) is 0 Å². The van der Waals surface area contributed by atoms with Gasteiger partial charge in [0, 0.05) is 45.0 Å². The highest BCUT2D eigenvalue weighted by Gasteiger charge is 2.30. The molecule has 4 rings (SSSR count). The predicted octanol–water partition coefficient (Wildman–Crippen LogP) is 3.45. The molecular formula is C22H32ClN3O2. The summed E-state index contributed by atoms with van der Waals surface area (Å²) in [7, 11) is 0. The Labute approximate surface area is 173 Å². The molecule has 3 fully saturated rings. The molecular weight excluding hydrogens is 374 g/mol. The van der Waals surface area contributed by atoms with E-state index in [1.165, 1.54) is 25.7 Å². The fourth-order valence-electron chi connectivity index (χ4n) is 5.16. The smallest absolute Gasteiger partial charge is 0.255 e. The van der Waals surface area contributed by atoms with Gasteiger partial charge in [0.2, 0.25) is 0 Å². The molecule has 1 amide bonds. The third-order valence-corrected chi connectivity index (χ3v) is 7.29. The van der Waals surface area contributed by atoms with Crippen LogP contribution in [0.4, 0.5) is 5.69 Å². The first-order valence-corrected chi connectivity index (χ1v) is 11.2. The van der Waals surface area contributed by atoms with E-state index >= 15 is 0 Å². The Bertz CT molecular complexity index is 676. The molecule has 0 saturated carbocycles. The molecule has 6 heteroatoms. The van der Waals surface area contributed by atoms with E-state index in [1.54, 1.807) is 0 Å². The van der Waals surface area contributed by atoms with Gasteiger partial charge < -0.3 is 14.9 Å². The Morgan fingerprint density at radius 3 is 2.14 bits per heavy atom. The van der Waals surface area contributed by atoms with Crippen LogP contribution in [0, 0.1) is 11.8 Å². The third kappa shape index (κ3) is 4.32. The lowest BCUT2D eigenvalue weighted by atomic mass is 9.79. The van der Waals surface area contributed by atoms with Crippen molar-refractivity contribution in [2.24, 2.45) is 11.8 Å². The van der Waals surface area contributed by atoms with Crippen LogP contribution >= 0.6 is 11.6 Å². The summed E-state index contributed by atoms with van der Waals surface area (Å²) in [4.78, 5) is 19.1. The first kappa shape index (κ1) is 20.0. The molecule has 0 aliphatic carbocycles. The fraction of sp³-hybridized carbons (Fsp3) is 0.682. The zero-order chi connectivity index (χ0) is 19.5. The summed E-state index contributed by atoms with van der Waals surface area (Å²) in [5, 5.41) is 9.85. The zero-order valence-electron chi connectivity index (χ0n) is 16.7. The van der Waals surface area contributed by atoms with Gasteiger partial charge >= 0.3 is 0 Å². The Kier molecular flexibility index (Phi) is 6.44. The van der Waals surface area contributed by atoms with E-state index in [2.05, 4.69) is 15.9 Å². The molecule has 3 heterocycles. The van der Waals surface area contributed by atoms with Crippen molar-refractivity contribution in [2.75, 3.05) is 50.9 Å². The molecule has 0 spiro atoms. The second kappa shape index (κ2) is 9.02. The van der Waals surface area contributed by atoms with Gasteiger partial charge in [0.25, 0.3) is 5.91 Å². The number of rotatable bonds is 4. The van der Waals surface area contributed by atoms with Crippen molar-refractivity contribution >= 4 is 23.2 Å². The monoisotopic (exact) mass is 405 g/mol. The first-order chi connectivity index (χ1) is 13.7. The van der Waals surface area contributed by atoms with Gasteiger partial charge in [0.15, 0.2) is 0 Å². The molecule has 3 aliphatic rings. The number of likely N-dealkylation sites (tertiary alicyclic amines) is 2. The minimum atomic E-state index is 0.0713. The molecule has 154 valence electrons. The lowest BCUT2D eigenvalue weighted by molar-refractivity contribution is 0.0570. The fourth-order valence-corrected chi connectivity index (χ4v) is 5.42. The normalized spacial score (nSPS) is 22.8. The average Bonchev–Trinajstić information content (AvgIpc) is 3.28. The number of anilines is 1. The lowest BCUT2D eigenvalue weighted by Crippen LogP contribution is -2.41. The molecule has 0 atom stereocenters. The number of carbonyl (C=O) groups is 1. The summed E-state index contributed by atoms with van der Waals surface area (Å²) in [6.07, 6.45) is 7.05. The first-order valence-electron chi connectivity index (χ1n) is 10.8. The van der Waals surface area contributed by atoms with Crippen molar-refractivity contribution in [3.63, 3.8) is 0 Å². The number of aliphatic hydroxyl groups excluding tert-OH is 1. The van der Waals surface area contributed by atoms with Crippen molar-refractivity contribution in [3.8, 4) is 0 Å². The van der Waals surface area contributed by atoms with Crippen LogP contribution in [0.5, 0.6) is 0 Å². The van der Waals surface area contributed by atoms with Crippen molar-refractivity contribution in [1.82, 2.24) is 9.80 Å². The molecule has 5 nitrogen and oxygen atoms in total. The number of hydrogen-bond donors (Lipinski definition) is 1. The molecule has 0 aromatic heterocycles. The average molecular weight is 406 g/mol. The molecule has 3 saturated heterocycles. The number of amides is 1. The summed E-state index contributed by atoms with van der Waals surface area (Å²) in [6, 6.07) is 5.95. The van der Waals surface area contributed by atoms with Crippen LogP contribution in [-0.2, 0) is 0 Å². The summed E-state index contributed by atoms with van der Waals surface area (Å²) in [5.74, 6) is 1.67. The van der Waals surface area contributed by atoms with E-state index in [0.29, 0.717) is 10.6 Å². The van der Waals surface area contributed by atoms with Gasteiger partial charge in [-0.15, -0.1) is 0 Å². The maximum Gasteiger partial charge on any atom is 0.255 e. The number of piperidine rings is 2. The zero-order valence-corrected chi connectivity index (χ0v) is 17.4. The van der Waals surface area contributed by atoms with Gasteiger partial charge in [-0.3, -0.25) is 9.69 Å². The highest BCUT2D eigenvalue weighted by atomic mass is 35.5. The number of aliphatic hydroxyl groups is 1. The molecule has 1 aromatic carbocycles. The molecule has 0 bridgehead atoms. The van der Waals surface area contributed by atoms with Gasteiger partial charge in [0.1, 0.15) is 0 Å². The van der Waals surface area contributed by atoms with E-state index < -0.39 is 0 Å². The van der Waals surface area contributed by atoms with Gasteiger partial charge in [-0.2, -0.15) is 0 Å². The topological polar surface area (TPSA) is 47.0 Å². The minimum absolute atomic E-state index is 0.0713. The Balaban J connectivity index is 1.33. The summed E-state index contributed by atoms with van der Waals surface area (Å²) < 4.78 is 0. The van der Waals surface area contributed by atoms with E-state index in [0.717, 1.165) is 69.6 Å². The van der Waals surface area contributed by atoms with E-state index in [4.69, 9.17) is 11.6 Å². The number of hydrogen-bond acceptors (Lipinski definition) is 4. The van der Waals surface area contributed by atoms with Crippen molar-refractivity contribution in [3.05, 3.63) is 28.8 Å². The van der Waals surface area contributed by atoms with Crippen LogP contribution in [-0.4, -0.2) is 66.8 Å². The van der Waals surface area contributed by atoms with Crippen LogP contribution in [0.3, 0.4) is 0 Å². The van der Waals surface area contributed by atoms with E-state index in [-0.39, 0.29) is 12.6 Å². The largest absolute Gasteiger partial charge is 0.381 e. The van der Waals surface area contributed by atoms with Crippen molar-refractivity contribution in [2.45, 2.75) is 38.5 Å². The van der Waals surface area contributed by atoms with Crippen molar-refractivity contribution in [1.29, 1.82) is 0 Å². The van der Waals surface area contributed by atoms with Crippen LogP contribution in [0.2, 0.25) is 5.02 Å². The van der Waals surface area contributed by atoms with Crippen LogP contribution in [0.1, 0.15) is 48.9 Å². The molecule has 3 aliphatic heterocycles. The predicted molar refractivity (Wildman–Crippen MR) is 113 cm³/mol. The van der Waals surface area contributed by atoms with Gasteiger partial charge in [0.05, 0.1) is 17.3 Å². The Morgan fingerprint density at radius 2 is 1.57 bits per heavy atom. The van der Waals surface area contributed by atoms with E-state index in [9.17, 15) is 9.90 Å². The second-order valence-electron chi connectivity index (χ2n) is 8.58. The number of nitrogens with zero attached hydrogens (tertiary/aromatic N) is 3. The highest BCUT2D eigenvalue weighted by Crippen LogP contribution is 2.35. The molecule has 1 aromatic rings. The summed E-state index contributed by atoms with van der Waals surface area (Å²) in [5.41, 5.74) is 1.77. The van der Waals surface area contributed by atoms with Crippen LogP contribution in [0.15, 0.2) is 18.2 Å². The highest BCUT2D eigenvalue weighted by molar-refractivity contribution is 6.34. The maximum absolute atomic E-state index is 12.6. The molecule has 0 unspecified atom stereocenters. The second-order valence-corrected chi connectivity index (χ2v) is 8.99. The summed E-state index contributed by atoms with van der Waals surface area (Å²) >= 11 is 6.50. The molecule has 1 N–H and O–H groups in total. The number of benzene rings is 1. The lowest BCUT2D eigenvalue weighted by Gasteiger charge is -2.40. The standard InChI is InChI=1S/C22H32ClN3O2/c23-21-15-19(3-4-20(21)22(28)26-9-1-2-10-26)25-13-7-18(8-14-25)17-5-11-24(16-27)12-6-17/h3-4,15,17-18,27H,1-2,5-14,16H2. The Morgan fingerprint density at radius 1 is 0.964 bits per heavy atom. The summed E-state index contributed by atoms with van der Waals surface area (Å²) in [6.45, 7) is 6.07. The minimum Gasteiger partial charge on any atom is -0.381 e. The number of carbonyl (C=O) groups excluding carboxylic acids is 1. The van der Waals surface area contributed by atoms with Crippen LogP contribution < -0.4 is 4.90 Å². The van der Waals surface area contributed by atoms with Gasteiger partial charge in [-0.05, 0) is 68.6 Å². The maximum atomic E-state index is 12.6. The number of halogens is 1. The Hall–Kier alpha value is -1.30. The third-order valence-electron chi connectivity index (χ3n) is 6.98. The van der Waals surface area contributed by atoms with Crippen molar-refractivity contribution < 1.29 is 9.90 Å². The van der Waals surface area contributed by atoms with Gasteiger partial charge in [-0.1, -0.05) is 11.6 Å². The molecule has 0 radical (unpaired) electrons. The van der Waals surface area contributed by atoms with E-state index in [1.807, 2.05) is 17.0 Å². The van der Waals surface area contributed by atoms with Crippen LogP contribution in [0.25, 0.3) is 0 Å². The molecule has 28 heavy (non-hydrogen) atoms.